The first-order valence-corrected chi connectivity index (χ1v) is 9.98. The number of para-hydroxylation sites is 1. The van der Waals surface area contributed by atoms with Gasteiger partial charge in [-0.15, -0.1) is 10.2 Å². The maximum Gasteiger partial charge on any atom is 0.269 e. The van der Waals surface area contributed by atoms with Gasteiger partial charge >= 0.3 is 0 Å². The van der Waals surface area contributed by atoms with E-state index < -0.39 is 0 Å². The molecular formula is C24H23N3O3. The van der Waals surface area contributed by atoms with Crippen molar-refractivity contribution in [1.29, 1.82) is 0 Å². The topological polar surface area (TPSA) is 76.2 Å². The summed E-state index contributed by atoms with van der Waals surface area (Å²) in [7, 11) is 0. The van der Waals surface area contributed by atoms with Crippen LogP contribution in [0.25, 0.3) is 21.7 Å². The molecule has 30 heavy (non-hydrogen) atoms. The Morgan fingerprint density at radius 1 is 1.00 bits per heavy atom. The van der Waals surface area contributed by atoms with E-state index in [-0.39, 0.29) is 18.2 Å². The molecule has 4 rings (SSSR count). The monoisotopic (exact) mass is 401 g/mol. The fourth-order valence-electron chi connectivity index (χ4n) is 3.65. The second-order valence-electron chi connectivity index (χ2n) is 6.95. The lowest BCUT2D eigenvalue weighted by Crippen LogP contribution is -2.05. The van der Waals surface area contributed by atoms with Crippen LogP contribution in [0.5, 0.6) is 5.88 Å². The number of aromatic hydroxyl groups is 1. The Morgan fingerprint density at radius 3 is 2.57 bits per heavy atom. The van der Waals surface area contributed by atoms with Gasteiger partial charge in [0.15, 0.2) is 5.69 Å². The molecule has 3 aromatic carbocycles. The number of benzene rings is 3. The minimum atomic E-state index is -0.364. The number of fused-ring (bicyclic) bond motifs is 2. The van der Waals surface area contributed by atoms with Crippen LogP contribution in [-0.4, -0.2) is 28.8 Å². The number of hydrogen-bond acceptors (Lipinski definition) is 4. The van der Waals surface area contributed by atoms with E-state index >= 15 is 0 Å². The molecule has 0 spiro atoms. The number of nitrogens with zero attached hydrogens (tertiary/aromatic N) is 3. The van der Waals surface area contributed by atoms with Gasteiger partial charge in [-0.1, -0.05) is 60.7 Å². The highest BCUT2D eigenvalue weighted by Gasteiger charge is 2.16. The third-order valence-electron chi connectivity index (χ3n) is 5.06. The minimum absolute atomic E-state index is 0.0161. The summed E-state index contributed by atoms with van der Waals surface area (Å²) in [5.41, 5.74) is 2.03. The SMILES string of the molecule is CCOCCn1c(O)c(N=NC(=O)Cc2cccc3ccccc23)c2ccccc21. The lowest BCUT2D eigenvalue weighted by atomic mass is 10.0. The molecule has 1 heterocycles. The van der Waals surface area contributed by atoms with Crippen LogP contribution in [-0.2, 0) is 22.5 Å². The highest BCUT2D eigenvalue weighted by molar-refractivity contribution is 5.95. The van der Waals surface area contributed by atoms with Crippen LogP contribution in [0.15, 0.2) is 77.0 Å². The highest BCUT2D eigenvalue weighted by Crippen LogP contribution is 2.38. The Balaban J connectivity index is 1.60. The Morgan fingerprint density at radius 2 is 1.73 bits per heavy atom. The van der Waals surface area contributed by atoms with Crippen LogP contribution < -0.4 is 0 Å². The second-order valence-corrected chi connectivity index (χ2v) is 6.95. The first-order valence-electron chi connectivity index (χ1n) is 9.98. The van der Waals surface area contributed by atoms with Crippen LogP contribution in [0.4, 0.5) is 5.69 Å². The van der Waals surface area contributed by atoms with E-state index in [9.17, 15) is 9.90 Å². The van der Waals surface area contributed by atoms with Crippen molar-refractivity contribution in [2.45, 2.75) is 19.9 Å². The van der Waals surface area contributed by atoms with Crippen LogP contribution >= 0.6 is 0 Å². The van der Waals surface area contributed by atoms with Gasteiger partial charge in [0.05, 0.1) is 18.5 Å². The quantitative estimate of drug-likeness (QED) is 0.333. The Hall–Kier alpha value is -3.51. The molecular weight excluding hydrogens is 378 g/mol. The molecule has 0 unspecified atom stereocenters. The summed E-state index contributed by atoms with van der Waals surface area (Å²) in [6, 6.07) is 21.3. The number of hydrogen-bond donors (Lipinski definition) is 1. The van der Waals surface area contributed by atoms with Gasteiger partial charge in [-0.2, -0.15) is 0 Å². The molecule has 0 fully saturated rings. The molecule has 0 aliphatic carbocycles. The van der Waals surface area contributed by atoms with Gasteiger partial charge in [0.1, 0.15) is 0 Å². The van der Waals surface area contributed by atoms with Crippen molar-refractivity contribution in [3.63, 3.8) is 0 Å². The van der Waals surface area contributed by atoms with E-state index in [1.165, 1.54) is 0 Å². The average molecular weight is 401 g/mol. The first-order chi connectivity index (χ1) is 14.7. The van der Waals surface area contributed by atoms with Gasteiger partial charge in [-0.25, -0.2) is 0 Å². The smallest absolute Gasteiger partial charge is 0.269 e. The molecule has 1 amide bonds. The predicted molar refractivity (Wildman–Crippen MR) is 117 cm³/mol. The van der Waals surface area contributed by atoms with Gasteiger partial charge in [0.25, 0.3) is 5.91 Å². The van der Waals surface area contributed by atoms with Crippen molar-refractivity contribution in [3.05, 3.63) is 72.3 Å². The van der Waals surface area contributed by atoms with Gasteiger partial charge in [-0.3, -0.25) is 4.79 Å². The fourth-order valence-corrected chi connectivity index (χ4v) is 3.65. The van der Waals surface area contributed by atoms with E-state index in [0.717, 1.165) is 27.2 Å². The standard InChI is InChI=1S/C24H23N3O3/c1-2-30-15-14-27-21-13-6-5-12-20(21)23(24(27)29)26-25-22(28)16-18-10-7-9-17-8-3-4-11-19(17)18/h3-13,29H,2,14-16H2,1H3. The predicted octanol–water partition coefficient (Wildman–Crippen LogP) is 5.39. The molecule has 0 aliphatic heterocycles. The maximum absolute atomic E-state index is 12.5. The molecule has 1 aromatic heterocycles. The molecule has 0 atom stereocenters. The average Bonchev–Trinajstić information content (AvgIpc) is 3.04. The molecule has 0 aliphatic rings. The number of azo groups is 1. The normalized spacial score (nSPS) is 11.6. The van der Waals surface area contributed by atoms with Crippen molar-refractivity contribution in [2.24, 2.45) is 10.2 Å². The molecule has 152 valence electrons. The van der Waals surface area contributed by atoms with E-state index in [2.05, 4.69) is 10.2 Å². The molecule has 4 aromatic rings. The third-order valence-corrected chi connectivity index (χ3v) is 5.06. The molecule has 6 heteroatoms. The minimum Gasteiger partial charge on any atom is -0.493 e. The van der Waals surface area contributed by atoms with Gasteiger partial charge in [-0.05, 0) is 29.3 Å². The van der Waals surface area contributed by atoms with Crippen molar-refractivity contribution >= 4 is 33.3 Å². The molecule has 0 radical (unpaired) electrons. The van der Waals surface area contributed by atoms with Crippen LogP contribution in [0.2, 0.25) is 0 Å². The largest absolute Gasteiger partial charge is 0.493 e. The summed E-state index contributed by atoms with van der Waals surface area (Å²) in [4.78, 5) is 12.5. The Labute approximate surface area is 174 Å². The van der Waals surface area contributed by atoms with Crippen LogP contribution in [0.1, 0.15) is 12.5 Å². The summed E-state index contributed by atoms with van der Waals surface area (Å²) < 4.78 is 7.14. The van der Waals surface area contributed by atoms with Crippen molar-refractivity contribution < 1.29 is 14.6 Å². The van der Waals surface area contributed by atoms with Crippen molar-refractivity contribution in [3.8, 4) is 5.88 Å². The number of amides is 1. The Bertz CT molecular complexity index is 1220. The Kier molecular flexibility index (Phi) is 5.86. The van der Waals surface area contributed by atoms with Crippen molar-refractivity contribution in [1.82, 2.24) is 4.57 Å². The third kappa shape index (κ3) is 3.95. The first kappa shape index (κ1) is 19.8. The lowest BCUT2D eigenvalue weighted by molar-refractivity contribution is -0.117. The summed E-state index contributed by atoms with van der Waals surface area (Å²) in [5.74, 6) is -0.380. The highest BCUT2D eigenvalue weighted by atomic mass is 16.5. The number of carbonyl (C=O) groups excluding carboxylic acids is 1. The van der Waals surface area contributed by atoms with Crippen molar-refractivity contribution in [2.75, 3.05) is 13.2 Å². The molecule has 6 nitrogen and oxygen atoms in total. The number of carbonyl (C=O) groups is 1. The summed E-state index contributed by atoms with van der Waals surface area (Å²) >= 11 is 0. The van der Waals surface area contributed by atoms with E-state index in [1.807, 2.05) is 73.7 Å². The van der Waals surface area contributed by atoms with E-state index in [1.54, 1.807) is 4.57 Å². The molecule has 1 N–H and O–H groups in total. The lowest BCUT2D eigenvalue weighted by Gasteiger charge is -2.06. The number of ether oxygens (including phenoxy) is 1. The molecule has 0 saturated carbocycles. The maximum atomic E-state index is 12.5. The van der Waals surface area contributed by atoms with Crippen LogP contribution in [0.3, 0.4) is 0 Å². The van der Waals surface area contributed by atoms with Gasteiger partial charge in [0.2, 0.25) is 5.88 Å². The van der Waals surface area contributed by atoms with E-state index in [4.69, 9.17) is 4.74 Å². The van der Waals surface area contributed by atoms with E-state index in [0.29, 0.717) is 25.4 Å². The fraction of sp³-hybridized carbons (Fsp3) is 0.208. The molecule has 0 saturated heterocycles. The zero-order valence-corrected chi connectivity index (χ0v) is 16.8. The number of rotatable bonds is 7. The summed E-state index contributed by atoms with van der Waals surface area (Å²) in [6.45, 7) is 3.49. The second kappa shape index (κ2) is 8.88. The molecule has 0 bridgehead atoms. The van der Waals surface area contributed by atoms with Crippen LogP contribution in [0, 0.1) is 0 Å². The van der Waals surface area contributed by atoms with Gasteiger partial charge in [0, 0.05) is 18.5 Å². The zero-order chi connectivity index (χ0) is 20.9. The summed E-state index contributed by atoms with van der Waals surface area (Å²) in [5, 5.41) is 21.6. The zero-order valence-electron chi connectivity index (χ0n) is 16.8. The summed E-state index contributed by atoms with van der Waals surface area (Å²) in [6.07, 6.45) is 0.147. The van der Waals surface area contributed by atoms with Gasteiger partial charge < -0.3 is 14.4 Å². The number of aromatic nitrogens is 1.